The van der Waals surface area contributed by atoms with Crippen LogP contribution >= 0.6 is 15.9 Å². The number of carboxylic acid groups (broad SMARTS) is 1. The second kappa shape index (κ2) is 9.58. The summed E-state index contributed by atoms with van der Waals surface area (Å²) in [5, 5.41) is 21.9. The van der Waals surface area contributed by atoms with Crippen molar-refractivity contribution in [3.63, 3.8) is 0 Å². The van der Waals surface area contributed by atoms with Gasteiger partial charge in [0, 0.05) is 32.8 Å². The van der Waals surface area contributed by atoms with Gasteiger partial charge in [-0.15, -0.1) is 0 Å². The van der Waals surface area contributed by atoms with Crippen LogP contribution in [0.5, 0.6) is 5.75 Å². The summed E-state index contributed by atoms with van der Waals surface area (Å²) in [5.41, 5.74) is 0.269. The lowest BCUT2D eigenvalue weighted by Gasteiger charge is -2.32. The SMILES string of the molecule is CC(=O)c1ccc(NC(=O)O[C@H](c2cc(Br)ccc2O)C(C)(C)/C=C/C(=O)O)cc1. The molecule has 2 rings (SSSR count). The van der Waals surface area contributed by atoms with E-state index in [1.807, 2.05) is 0 Å². The topological polar surface area (TPSA) is 113 Å². The van der Waals surface area contributed by atoms with Crippen molar-refractivity contribution in [2.45, 2.75) is 26.9 Å². The van der Waals surface area contributed by atoms with E-state index in [4.69, 9.17) is 9.84 Å². The molecule has 0 unspecified atom stereocenters. The van der Waals surface area contributed by atoms with Crippen LogP contribution in [0.4, 0.5) is 10.5 Å². The van der Waals surface area contributed by atoms with Crippen molar-refractivity contribution in [2.24, 2.45) is 5.41 Å². The predicted molar refractivity (Wildman–Crippen MR) is 116 cm³/mol. The molecule has 0 heterocycles. The summed E-state index contributed by atoms with van der Waals surface area (Å²) in [4.78, 5) is 34.9. The first-order chi connectivity index (χ1) is 14.0. The van der Waals surface area contributed by atoms with Crippen molar-refractivity contribution in [1.82, 2.24) is 0 Å². The summed E-state index contributed by atoms with van der Waals surface area (Å²) in [5.74, 6) is -1.34. The number of amides is 1. The number of hydrogen-bond donors (Lipinski definition) is 3. The van der Waals surface area contributed by atoms with Crippen molar-refractivity contribution >= 4 is 39.5 Å². The number of aliphatic carboxylic acids is 1. The van der Waals surface area contributed by atoms with Gasteiger partial charge in [0.25, 0.3) is 0 Å². The number of phenols is 1. The minimum Gasteiger partial charge on any atom is -0.508 e. The highest BCUT2D eigenvalue weighted by molar-refractivity contribution is 9.10. The van der Waals surface area contributed by atoms with Gasteiger partial charge in [0.05, 0.1) is 0 Å². The molecule has 0 radical (unpaired) electrons. The third-order valence-electron chi connectivity index (χ3n) is 4.37. The monoisotopic (exact) mass is 475 g/mol. The van der Waals surface area contributed by atoms with Crippen LogP contribution in [0.25, 0.3) is 0 Å². The van der Waals surface area contributed by atoms with Crippen molar-refractivity contribution < 1.29 is 29.3 Å². The maximum Gasteiger partial charge on any atom is 0.412 e. The van der Waals surface area contributed by atoms with E-state index in [0.717, 1.165) is 6.08 Å². The Kier molecular flexibility index (Phi) is 7.39. The van der Waals surface area contributed by atoms with E-state index in [1.165, 1.54) is 19.1 Å². The zero-order valence-corrected chi connectivity index (χ0v) is 18.3. The van der Waals surface area contributed by atoms with Gasteiger partial charge in [-0.25, -0.2) is 9.59 Å². The molecule has 8 heteroatoms. The Balaban J connectivity index is 2.32. The molecule has 0 saturated heterocycles. The van der Waals surface area contributed by atoms with Crippen LogP contribution in [0.3, 0.4) is 0 Å². The Morgan fingerprint density at radius 3 is 2.33 bits per heavy atom. The molecule has 0 spiro atoms. The molecule has 30 heavy (non-hydrogen) atoms. The van der Waals surface area contributed by atoms with Crippen molar-refractivity contribution in [3.8, 4) is 5.75 Å². The Hall–Kier alpha value is -3.13. The van der Waals surface area contributed by atoms with Crippen molar-refractivity contribution in [3.05, 3.63) is 70.2 Å². The van der Waals surface area contributed by atoms with Crippen LogP contribution in [-0.2, 0) is 9.53 Å². The largest absolute Gasteiger partial charge is 0.508 e. The summed E-state index contributed by atoms with van der Waals surface area (Å²) in [7, 11) is 0. The molecule has 7 nitrogen and oxygen atoms in total. The number of carbonyl (C=O) groups excluding carboxylic acids is 2. The van der Waals surface area contributed by atoms with E-state index in [0.29, 0.717) is 21.3 Å². The Bertz CT molecular complexity index is 982. The maximum atomic E-state index is 12.6. The summed E-state index contributed by atoms with van der Waals surface area (Å²) in [6, 6.07) is 11.0. The minimum atomic E-state index is -1.14. The van der Waals surface area contributed by atoms with E-state index in [2.05, 4.69) is 21.2 Å². The summed E-state index contributed by atoms with van der Waals surface area (Å²) < 4.78 is 6.26. The third-order valence-corrected chi connectivity index (χ3v) is 4.86. The van der Waals surface area contributed by atoms with E-state index in [1.54, 1.807) is 50.2 Å². The second-order valence-electron chi connectivity index (χ2n) is 7.24. The van der Waals surface area contributed by atoms with Gasteiger partial charge in [-0.3, -0.25) is 10.1 Å². The lowest BCUT2D eigenvalue weighted by molar-refractivity contribution is -0.131. The van der Waals surface area contributed by atoms with Gasteiger partial charge in [-0.05, 0) is 49.4 Å². The number of rotatable bonds is 7. The number of halogens is 1. The van der Waals surface area contributed by atoms with Gasteiger partial charge in [0.2, 0.25) is 0 Å². The van der Waals surface area contributed by atoms with Crippen LogP contribution in [0, 0.1) is 5.41 Å². The fourth-order valence-corrected chi connectivity index (χ4v) is 3.15. The number of carboxylic acids is 1. The molecule has 0 aliphatic carbocycles. The molecular formula is C22H22BrNO6. The first-order valence-corrected chi connectivity index (χ1v) is 9.78. The molecule has 158 valence electrons. The molecule has 2 aromatic rings. The smallest absolute Gasteiger partial charge is 0.412 e. The van der Waals surface area contributed by atoms with Gasteiger partial charge in [-0.2, -0.15) is 0 Å². The number of ketones is 1. The standard InChI is InChI=1S/C22H22BrNO6/c1-13(25)14-4-7-16(8-5-14)24-21(29)30-20(22(2,3)11-10-19(27)28)17-12-15(23)6-9-18(17)26/h4-12,20,26H,1-3H3,(H,24,29)(H,27,28)/b11-10+/t20-/m1/s1. The lowest BCUT2D eigenvalue weighted by atomic mass is 9.81. The van der Waals surface area contributed by atoms with Gasteiger partial charge in [-0.1, -0.05) is 35.9 Å². The van der Waals surface area contributed by atoms with Crippen LogP contribution in [-0.4, -0.2) is 28.1 Å². The first kappa shape index (κ1) is 23.2. The number of carbonyl (C=O) groups is 3. The summed E-state index contributed by atoms with van der Waals surface area (Å²) in [6.45, 7) is 4.82. The molecule has 3 N–H and O–H groups in total. The molecule has 0 saturated carbocycles. The number of anilines is 1. The molecule has 0 fully saturated rings. The Labute approximate surface area is 182 Å². The number of hydrogen-bond acceptors (Lipinski definition) is 5. The van der Waals surface area contributed by atoms with E-state index in [9.17, 15) is 19.5 Å². The second-order valence-corrected chi connectivity index (χ2v) is 8.16. The van der Waals surface area contributed by atoms with Gasteiger partial charge in [0.1, 0.15) is 11.9 Å². The average molecular weight is 476 g/mol. The predicted octanol–water partition coefficient (Wildman–Crippen LogP) is 5.31. The van der Waals surface area contributed by atoms with Crippen molar-refractivity contribution in [1.29, 1.82) is 0 Å². The van der Waals surface area contributed by atoms with Crippen LogP contribution in [0.2, 0.25) is 0 Å². The zero-order chi connectivity index (χ0) is 22.5. The van der Waals surface area contributed by atoms with Crippen LogP contribution in [0.15, 0.2) is 59.1 Å². The van der Waals surface area contributed by atoms with E-state index < -0.39 is 23.6 Å². The third kappa shape index (κ3) is 6.18. The molecule has 0 aliphatic heterocycles. The van der Waals surface area contributed by atoms with E-state index in [-0.39, 0.29) is 11.5 Å². The number of nitrogens with one attached hydrogen (secondary N) is 1. The number of phenolic OH excluding ortho intramolecular Hbond substituents is 1. The highest BCUT2D eigenvalue weighted by Gasteiger charge is 2.34. The molecule has 0 bridgehead atoms. The average Bonchev–Trinajstić information content (AvgIpc) is 2.67. The van der Waals surface area contributed by atoms with Crippen LogP contribution < -0.4 is 5.32 Å². The highest BCUT2D eigenvalue weighted by Crippen LogP contribution is 2.42. The molecule has 2 aromatic carbocycles. The number of ether oxygens (including phenoxy) is 1. The fourth-order valence-electron chi connectivity index (χ4n) is 2.77. The quantitative estimate of drug-likeness (QED) is 0.369. The number of aromatic hydroxyl groups is 1. The Morgan fingerprint density at radius 2 is 1.77 bits per heavy atom. The van der Waals surface area contributed by atoms with Gasteiger partial charge < -0.3 is 14.9 Å². The molecule has 0 aromatic heterocycles. The van der Waals surface area contributed by atoms with Crippen molar-refractivity contribution in [2.75, 3.05) is 5.32 Å². The van der Waals surface area contributed by atoms with Gasteiger partial charge in [0.15, 0.2) is 5.78 Å². The first-order valence-electron chi connectivity index (χ1n) is 8.99. The number of benzene rings is 2. The zero-order valence-electron chi connectivity index (χ0n) is 16.7. The Morgan fingerprint density at radius 1 is 1.13 bits per heavy atom. The van der Waals surface area contributed by atoms with Gasteiger partial charge >= 0.3 is 12.1 Å². The van der Waals surface area contributed by atoms with Crippen LogP contribution in [0.1, 0.15) is 42.8 Å². The highest BCUT2D eigenvalue weighted by atomic mass is 79.9. The summed E-state index contributed by atoms with van der Waals surface area (Å²) >= 11 is 3.33. The lowest BCUT2D eigenvalue weighted by Crippen LogP contribution is -2.28. The summed E-state index contributed by atoms with van der Waals surface area (Å²) in [6.07, 6.45) is 0.563. The number of Topliss-reactive ketones (excluding diaryl/α,β-unsaturated/α-hetero) is 1. The maximum absolute atomic E-state index is 12.6. The fraction of sp³-hybridized carbons (Fsp3) is 0.227. The van der Waals surface area contributed by atoms with E-state index >= 15 is 0 Å². The molecule has 1 atom stereocenters. The molecular weight excluding hydrogens is 454 g/mol. The minimum absolute atomic E-state index is 0.0960. The normalized spacial score (nSPS) is 12.4. The molecule has 0 aliphatic rings. The molecule has 1 amide bonds.